The van der Waals surface area contributed by atoms with Gasteiger partial charge in [-0.05, 0) is 42.2 Å². The molecular formula is C25H26N6O. The highest BCUT2D eigenvalue weighted by Crippen LogP contribution is 2.24. The van der Waals surface area contributed by atoms with Gasteiger partial charge in [0.2, 0.25) is 0 Å². The van der Waals surface area contributed by atoms with Crippen molar-refractivity contribution in [3.8, 4) is 11.1 Å². The van der Waals surface area contributed by atoms with Crippen LogP contribution in [-0.2, 0) is 13.5 Å². The molecule has 1 aromatic carbocycles. The van der Waals surface area contributed by atoms with Gasteiger partial charge in [0.25, 0.3) is 0 Å². The molecule has 0 unspecified atom stereocenters. The molecule has 0 amide bonds. The van der Waals surface area contributed by atoms with Crippen molar-refractivity contribution in [1.82, 2.24) is 24.6 Å². The third-order valence-corrected chi connectivity index (χ3v) is 5.83. The Balaban J connectivity index is 1.31. The van der Waals surface area contributed by atoms with Crippen molar-refractivity contribution in [3.05, 3.63) is 72.4 Å². The van der Waals surface area contributed by atoms with Crippen LogP contribution >= 0.6 is 0 Å². The van der Waals surface area contributed by atoms with E-state index in [1.54, 1.807) is 29.2 Å². The Morgan fingerprint density at radius 1 is 1.00 bits per heavy atom. The van der Waals surface area contributed by atoms with E-state index in [-0.39, 0.29) is 12.2 Å². The lowest BCUT2D eigenvalue weighted by molar-refractivity contribution is 0.0992. The number of aryl methyl sites for hydroxylation is 1. The maximum Gasteiger partial charge on any atom is 0.169 e. The van der Waals surface area contributed by atoms with Gasteiger partial charge in [-0.2, -0.15) is 5.10 Å². The standard InChI is InChI=1S/C25H26N6O/c1-29-7-9-31(10-8-29)25-13-19(5-6-26-25)24(32)14-23-12-21-11-18(3-4-20(21)15-27-23)22-16-28-30(2)17-22/h3-6,11-13,15-17H,7-10,14H2,1-2H3/i1D3. The van der Waals surface area contributed by atoms with Gasteiger partial charge in [-0.3, -0.25) is 14.5 Å². The van der Waals surface area contributed by atoms with Gasteiger partial charge in [-0.15, -0.1) is 0 Å². The van der Waals surface area contributed by atoms with Crippen LogP contribution in [0.2, 0.25) is 0 Å². The number of benzene rings is 1. The number of carbonyl (C=O) groups excluding carboxylic acids is 1. The third-order valence-electron chi connectivity index (χ3n) is 5.83. The fraction of sp³-hybridized carbons (Fsp3) is 0.280. The largest absolute Gasteiger partial charge is 0.354 e. The molecule has 4 heterocycles. The monoisotopic (exact) mass is 429 g/mol. The van der Waals surface area contributed by atoms with Crippen molar-refractivity contribution in [2.75, 3.05) is 38.1 Å². The lowest BCUT2D eigenvalue weighted by Crippen LogP contribution is -2.44. The van der Waals surface area contributed by atoms with Gasteiger partial charge in [0.15, 0.2) is 5.78 Å². The van der Waals surface area contributed by atoms with E-state index < -0.39 is 6.98 Å². The fourth-order valence-electron chi connectivity index (χ4n) is 4.00. The summed E-state index contributed by atoms with van der Waals surface area (Å²) in [6.45, 7) is -0.122. The van der Waals surface area contributed by atoms with E-state index in [0.717, 1.165) is 21.9 Å². The van der Waals surface area contributed by atoms with E-state index in [1.165, 1.54) is 4.90 Å². The Kier molecular flexibility index (Phi) is 4.53. The zero-order valence-electron chi connectivity index (χ0n) is 20.9. The summed E-state index contributed by atoms with van der Waals surface area (Å²) in [7, 11) is 1.89. The van der Waals surface area contributed by atoms with Crippen LogP contribution in [-0.4, -0.2) is 63.6 Å². The number of hydrogen-bond donors (Lipinski definition) is 0. The van der Waals surface area contributed by atoms with Crippen LogP contribution in [0.15, 0.2) is 61.2 Å². The quantitative estimate of drug-likeness (QED) is 0.454. The number of pyridine rings is 2. The Morgan fingerprint density at radius 2 is 1.88 bits per heavy atom. The van der Waals surface area contributed by atoms with Crippen LogP contribution in [0.25, 0.3) is 21.9 Å². The average Bonchev–Trinajstić information content (AvgIpc) is 3.29. The van der Waals surface area contributed by atoms with E-state index in [9.17, 15) is 4.79 Å². The molecule has 7 heteroatoms. The van der Waals surface area contributed by atoms with Crippen LogP contribution in [0, 0.1) is 0 Å². The van der Waals surface area contributed by atoms with Crippen molar-refractivity contribution in [1.29, 1.82) is 0 Å². The number of rotatable bonds is 5. The molecule has 0 aliphatic carbocycles. The number of nitrogens with zero attached hydrogens (tertiary/aromatic N) is 6. The minimum Gasteiger partial charge on any atom is -0.354 e. The molecule has 4 aromatic rings. The summed E-state index contributed by atoms with van der Waals surface area (Å²) in [5, 5.41) is 6.27. The highest BCUT2D eigenvalue weighted by Gasteiger charge is 2.17. The van der Waals surface area contributed by atoms with Crippen LogP contribution in [0.5, 0.6) is 0 Å². The number of hydrogen-bond acceptors (Lipinski definition) is 6. The van der Waals surface area contributed by atoms with Crippen molar-refractivity contribution >= 4 is 22.4 Å². The molecule has 1 aliphatic rings. The van der Waals surface area contributed by atoms with Gasteiger partial charge in [-0.1, -0.05) is 12.1 Å². The Bertz CT molecular complexity index is 1380. The first-order chi connectivity index (χ1) is 16.8. The number of likely N-dealkylation sites (N-methyl/N-ethyl adjacent to an activating group) is 1. The average molecular weight is 430 g/mol. The first kappa shape index (κ1) is 17.0. The summed E-state index contributed by atoms with van der Waals surface area (Å²) in [5.74, 6) is 0.652. The summed E-state index contributed by atoms with van der Waals surface area (Å²) in [5.41, 5.74) is 3.37. The molecular weight excluding hydrogens is 400 g/mol. The summed E-state index contributed by atoms with van der Waals surface area (Å²) in [6.07, 6.45) is 7.41. The maximum absolute atomic E-state index is 13.1. The maximum atomic E-state index is 13.1. The van der Waals surface area contributed by atoms with Gasteiger partial charge in [-0.25, -0.2) is 4.98 Å². The van der Waals surface area contributed by atoms with Crippen LogP contribution in [0.3, 0.4) is 0 Å². The van der Waals surface area contributed by atoms with Crippen LogP contribution in [0.4, 0.5) is 5.82 Å². The number of ketones is 1. The molecule has 32 heavy (non-hydrogen) atoms. The van der Waals surface area contributed by atoms with Gasteiger partial charge in [0.05, 0.1) is 12.6 Å². The first-order valence-electron chi connectivity index (χ1n) is 12.1. The lowest BCUT2D eigenvalue weighted by Gasteiger charge is -2.33. The first-order valence-corrected chi connectivity index (χ1v) is 10.6. The van der Waals surface area contributed by atoms with Gasteiger partial charge in [0.1, 0.15) is 5.82 Å². The van der Waals surface area contributed by atoms with Gasteiger partial charge < -0.3 is 9.80 Å². The number of carbonyl (C=O) groups is 1. The minimum absolute atomic E-state index is 0.0370. The lowest BCUT2D eigenvalue weighted by atomic mass is 10.0. The third kappa shape index (κ3) is 4.24. The molecule has 1 saturated heterocycles. The normalized spacial score (nSPS) is 16.5. The summed E-state index contributed by atoms with van der Waals surface area (Å²) in [6, 6.07) is 11.6. The molecule has 3 aromatic heterocycles. The smallest absolute Gasteiger partial charge is 0.169 e. The number of aromatic nitrogens is 4. The van der Waals surface area contributed by atoms with Crippen molar-refractivity contribution in [2.45, 2.75) is 6.42 Å². The second-order valence-corrected chi connectivity index (χ2v) is 8.12. The van der Waals surface area contributed by atoms with Gasteiger partial charge in [0, 0.05) is 78.1 Å². The topological polar surface area (TPSA) is 67.2 Å². The zero-order chi connectivity index (χ0) is 24.6. The van der Waals surface area contributed by atoms with E-state index in [2.05, 4.69) is 21.1 Å². The molecule has 0 saturated carbocycles. The number of fused-ring (bicyclic) bond motifs is 1. The molecule has 0 spiro atoms. The van der Waals surface area contributed by atoms with Gasteiger partial charge >= 0.3 is 0 Å². The molecule has 1 fully saturated rings. The van der Waals surface area contributed by atoms with Crippen LogP contribution in [0.1, 0.15) is 20.2 Å². The molecule has 0 bridgehead atoms. The number of Topliss-reactive ketones (excluding diaryl/α,β-unsaturated/α-hetero) is 1. The van der Waals surface area contributed by atoms with Crippen molar-refractivity contribution < 1.29 is 8.91 Å². The second kappa shape index (κ2) is 8.51. The van der Waals surface area contributed by atoms with E-state index in [0.29, 0.717) is 43.3 Å². The predicted molar refractivity (Wildman–Crippen MR) is 126 cm³/mol. The predicted octanol–water partition coefficient (Wildman–Crippen LogP) is 3.21. The fourth-order valence-corrected chi connectivity index (χ4v) is 4.00. The van der Waals surface area contributed by atoms with Crippen LogP contribution < -0.4 is 4.90 Å². The van der Waals surface area contributed by atoms with E-state index in [1.807, 2.05) is 42.5 Å². The Labute approximate surface area is 191 Å². The SMILES string of the molecule is [2H]C([2H])([2H])N1CCN(c2cc(C(=O)Cc3cc4cc(-c5cnn(C)c5)ccc4cn3)ccn2)CC1. The summed E-state index contributed by atoms with van der Waals surface area (Å²) >= 11 is 0. The molecule has 0 radical (unpaired) electrons. The Morgan fingerprint density at radius 3 is 2.66 bits per heavy atom. The van der Waals surface area contributed by atoms with Crippen molar-refractivity contribution in [3.63, 3.8) is 0 Å². The minimum atomic E-state index is -2.08. The van der Waals surface area contributed by atoms with Crippen molar-refractivity contribution in [2.24, 2.45) is 7.05 Å². The highest BCUT2D eigenvalue weighted by atomic mass is 16.1. The molecule has 0 atom stereocenters. The number of piperazine rings is 1. The van der Waals surface area contributed by atoms with E-state index >= 15 is 0 Å². The molecule has 162 valence electrons. The summed E-state index contributed by atoms with van der Waals surface area (Å²) in [4.78, 5) is 25.5. The zero-order valence-corrected chi connectivity index (χ0v) is 17.9. The number of anilines is 1. The molecule has 7 nitrogen and oxygen atoms in total. The molecule has 5 rings (SSSR count). The second-order valence-electron chi connectivity index (χ2n) is 8.12. The highest BCUT2D eigenvalue weighted by molar-refractivity contribution is 5.98. The molecule has 0 N–H and O–H groups in total. The molecule has 1 aliphatic heterocycles. The van der Waals surface area contributed by atoms with E-state index in [4.69, 9.17) is 4.11 Å². The summed E-state index contributed by atoms with van der Waals surface area (Å²) < 4.78 is 24.5. The Hall–Kier alpha value is -3.58.